The zero-order chi connectivity index (χ0) is 17.4. The van der Waals surface area contributed by atoms with E-state index in [1.165, 1.54) is 0 Å². The van der Waals surface area contributed by atoms with Crippen molar-refractivity contribution in [2.45, 2.75) is 24.8 Å². The van der Waals surface area contributed by atoms with Crippen LogP contribution in [0.5, 0.6) is 0 Å². The minimum Gasteiger partial charge on any atom is -0.480 e. The Balaban J connectivity index is 2.26. The van der Waals surface area contributed by atoms with Gasteiger partial charge in [0.2, 0.25) is 5.91 Å². The van der Waals surface area contributed by atoms with Gasteiger partial charge < -0.3 is 16.2 Å². The first-order valence-electron chi connectivity index (χ1n) is 7.96. The van der Waals surface area contributed by atoms with Gasteiger partial charge in [-0.05, 0) is 30.5 Å². The molecule has 24 heavy (non-hydrogen) atoms. The van der Waals surface area contributed by atoms with Crippen molar-refractivity contribution in [1.82, 2.24) is 5.32 Å². The number of carboxylic acid groups (broad SMARTS) is 1. The number of rotatable bonds is 8. The quantitative estimate of drug-likeness (QED) is 0.693. The van der Waals surface area contributed by atoms with E-state index in [9.17, 15) is 14.7 Å². The van der Waals surface area contributed by atoms with Gasteiger partial charge in [-0.1, -0.05) is 60.7 Å². The number of benzene rings is 2. The Kier molecular flexibility index (Phi) is 6.51. The van der Waals surface area contributed by atoms with Gasteiger partial charge in [-0.15, -0.1) is 0 Å². The Hall–Kier alpha value is -2.66. The van der Waals surface area contributed by atoms with Crippen molar-refractivity contribution < 1.29 is 14.7 Å². The highest BCUT2D eigenvalue weighted by atomic mass is 16.4. The predicted octanol–water partition coefficient (Wildman–Crippen LogP) is 2.13. The molecule has 0 spiro atoms. The lowest BCUT2D eigenvalue weighted by molar-refractivity contribution is -0.142. The third-order valence-electron chi connectivity index (χ3n) is 3.84. The molecule has 0 heterocycles. The molecule has 1 amide bonds. The van der Waals surface area contributed by atoms with Crippen LogP contribution in [0.3, 0.4) is 0 Å². The summed E-state index contributed by atoms with van der Waals surface area (Å²) in [4.78, 5) is 24.2. The SMILES string of the molecule is NCCC[C@@H](NC(=O)C(c1ccccc1)c1ccccc1)C(=O)O. The summed E-state index contributed by atoms with van der Waals surface area (Å²) in [6.45, 7) is 0.389. The number of aliphatic carboxylic acids is 1. The highest BCUT2D eigenvalue weighted by Gasteiger charge is 2.27. The van der Waals surface area contributed by atoms with Crippen molar-refractivity contribution in [2.24, 2.45) is 5.73 Å². The minimum atomic E-state index is -1.04. The molecule has 0 bridgehead atoms. The number of hydrogen-bond donors (Lipinski definition) is 3. The number of nitrogens with two attached hydrogens (primary N) is 1. The second-order valence-corrected chi connectivity index (χ2v) is 5.58. The molecule has 0 unspecified atom stereocenters. The third kappa shape index (κ3) is 4.67. The molecular weight excluding hydrogens is 304 g/mol. The molecule has 0 aliphatic rings. The summed E-state index contributed by atoms with van der Waals surface area (Å²) in [5, 5.41) is 12.0. The van der Waals surface area contributed by atoms with Crippen LogP contribution in [0.25, 0.3) is 0 Å². The van der Waals surface area contributed by atoms with Crippen LogP contribution in [0.1, 0.15) is 29.9 Å². The molecule has 2 aromatic rings. The Morgan fingerprint density at radius 1 is 0.958 bits per heavy atom. The molecule has 5 nitrogen and oxygen atoms in total. The van der Waals surface area contributed by atoms with Gasteiger partial charge in [0.1, 0.15) is 6.04 Å². The van der Waals surface area contributed by atoms with Crippen LogP contribution in [-0.4, -0.2) is 29.6 Å². The van der Waals surface area contributed by atoms with E-state index in [1.54, 1.807) is 0 Å². The molecule has 0 fully saturated rings. The van der Waals surface area contributed by atoms with Crippen molar-refractivity contribution in [1.29, 1.82) is 0 Å². The van der Waals surface area contributed by atoms with Crippen LogP contribution in [0.4, 0.5) is 0 Å². The molecular formula is C19H22N2O3. The topological polar surface area (TPSA) is 92.4 Å². The number of amides is 1. The molecule has 126 valence electrons. The fourth-order valence-electron chi connectivity index (χ4n) is 2.62. The molecule has 2 aromatic carbocycles. The Labute approximate surface area is 141 Å². The van der Waals surface area contributed by atoms with E-state index in [0.29, 0.717) is 19.4 Å². The van der Waals surface area contributed by atoms with Gasteiger partial charge >= 0.3 is 5.97 Å². The standard InChI is InChI=1S/C19H22N2O3/c20-13-7-12-16(19(23)24)21-18(22)17(14-8-3-1-4-9-14)15-10-5-2-6-11-15/h1-6,8-11,16-17H,7,12-13,20H2,(H,21,22)(H,23,24)/t16-/m1/s1. The maximum atomic E-state index is 12.8. The summed E-state index contributed by atoms with van der Waals surface area (Å²) in [6.07, 6.45) is 0.854. The minimum absolute atomic E-state index is 0.313. The molecule has 0 saturated heterocycles. The Bertz CT molecular complexity index is 619. The van der Waals surface area contributed by atoms with Crippen LogP contribution >= 0.6 is 0 Å². The third-order valence-corrected chi connectivity index (χ3v) is 3.84. The van der Waals surface area contributed by atoms with Gasteiger partial charge in [-0.25, -0.2) is 4.79 Å². The maximum Gasteiger partial charge on any atom is 0.326 e. The highest BCUT2D eigenvalue weighted by molar-refractivity contribution is 5.90. The normalized spacial score (nSPS) is 11.9. The Morgan fingerprint density at radius 2 is 1.46 bits per heavy atom. The van der Waals surface area contributed by atoms with Gasteiger partial charge in [0, 0.05) is 0 Å². The van der Waals surface area contributed by atoms with Crippen molar-refractivity contribution in [3.63, 3.8) is 0 Å². The first kappa shape index (κ1) is 17.7. The number of carbonyl (C=O) groups excluding carboxylic acids is 1. The first-order chi connectivity index (χ1) is 11.6. The maximum absolute atomic E-state index is 12.8. The van der Waals surface area contributed by atoms with Gasteiger partial charge in [-0.3, -0.25) is 4.79 Å². The van der Waals surface area contributed by atoms with E-state index in [4.69, 9.17) is 5.73 Å². The molecule has 4 N–H and O–H groups in total. The average Bonchev–Trinajstić information content (AvgIpc) is 2.60. The lowest BCUT2D eigenvalue weighted by Crippen LogP contribution is -2.43. The Morgan fingerprint density at radius 3 is 1.88 bits per heavy atom. The molecule has 0 aliphatic carbocycles. The predicted molar refractivity (Wildman–Crippen MR) is 92.6 cm³/mol. The summed E-state index contributed by atoms with van der Waals surface area (Å²) >= 11 is 0. The zero-order valence-corrected chi connectivity index (χ0v) is 13.4. The zero-order valence-electron chi connectivity index (χ0n) is 13.4. The first-order valence-corrected chi connectivity index (χ1v) is 7.96. The van der Waals surface area contributed by atoms with Crippen LogP contribution in [-0.2, 0) is 9.59 Å². The van der Waals surface area contributed by atoms with Crippen LogP contribution in [0, 0.1) is 0 Å². The highest BCUT2D eigenvalue weighted by Crippen LogP contribution is 2.25. The number of nitrogens with one attached hydrogen (secondary N) is 1. The van der Waals surface area contributed by atoms with Crippen molar-refractivity contribution in [3.05, 3.63) is 71.8 Å². The van der Waals surface area contributed by atoms with E-state index < -0.39 is 17.9 Å². The van der Waals surface area contributed by atoms with Crippen LogP contribution < -0.4 is 11.1 Å². The van der Waals surface area contributed by atoms with Gasteiger partial charge in [0.15, 0.2) is 0 Å². The van der Waals surface area contributed by atoms with Gasteiger partial charge in [-0.2, -0.15) is 0 Å². The summed E-state index contributed by atoms with van der Waals surface area (Å²) in [6, 6.07) is 17.7. The smallest absolute Gasteiger partial charge is 0.326 e. The van der Waals surface area contributed by atoms with E-state index >= 15 is 0 Å². The molecule has 0 aliphatic heterocycles. The van der Waals surface area contributed by atoms with Gasteiger partial charge in [0.05, 0.1) is 5.92 Å². The average molecular weight is 326 g/mol. The molecule has 2 rings (SSSR count). The lowest BCUT2D eigenvalue weighted by Gasteiger charge is -2.21. The summed E-state index contributed by atoms with van der Waals surface area (Å²) in [5.74, 6) is -1.92. The second kappa shape index (κ2) is 8.84. The van der Waals surface area contributed by atoms with Gasteiger partial charge in [0.25, 0.3) is 0 Å². The van der Waals surface area contributed by atoms with Crippen molar-refractivity contribution in [3.8, 4) is 0 Å². The molecule has 0 radical (unpaired) electrons. The van der Waals surface area contributed by atoms with E-state index in [1.807, 2.05) is 60.7 Å². The van der Waals surface area contributed by atoms with E-state index in [0.717, 1.165) is 11.1 Å². The molecule has 1 atom stereocenters. The summed E-state index contributed by atoms with van der Waals surface area (Å²) in [7, 11) is 0. The van der Waals surface area contributed by atoms with E-state index in [-0.39, 0.29) is 5.91 Å². The summed E-state index contributed by atoms with van der Waals surface area (Å²) in [5.41, 5.74) is 7.09. The van der Waals surface area contributed by atoms with E-state index in [2.05, 4.69) is 5.32 Å². The molecule has 0 saturated carbocycles. The monoisotopic (exact) mass is 326 g/mol. The number of hydrogen-bond acceptors (Lipinski definition) is 3. The lowest BCUT2D eigenvalue weighted by atomic mass is 9.90. The van der Waals surface area contributed by atoms with Crippen LogP contribution in [0.2, 0.25) is 0 Å². The fourth-order valence-corrected chi connectivity index (χ4v) is 2.62. The number of carboxylic acids is 1. The number of carbonyl (C=O) groups is 2. The van der Waals surface area contributed by atoms with Crippen molar-refractivity contribution in [2.75, 3.05) is 6.54 Å². The largest absolute Gasteiger partial charge is 0.480 e. The fraction of sp³-hybridized carbons (Fsp3) is 0.263. The van der Waals surface area contributed by atoms with Crippen molar-refractivity contribution >= 4 is 11.9 Å². The second-order valence-electron chi connectivity index (χ2n) is 5.58. The molecule has 5 heteroatoms. The summed E-state index contributed by atoms with van der Waals surface area (Å²) < 4.78 is 0. The molecule has 0 aromatic heterocycles. The van der Waals surface area contributed by atoms with Crippen LogP contribution in [0.15, 0.2) is 60.7 Å².